The molecule has 4 rings (SSSR count). The van der Waals surface area contributed by atoms with E-state index in [-0.39, 0.29) is 16.0 Å². The van der Waals surface area contributed by atoms with E-state index in [2.05, 4.69) is 23.9 Å². The number of hydrogen-bond acceptors (Lipinski definition) is 5. The van der Waals surface area contributed by atoms with E-state index in [1.807, 2.05) is 67.9 Å². The number of H-pyrrole nitrogens is 1. The second kappa shape index (κ2) is 8.75. The van der Waals surface area contributed by atoms with E-state index in [4.69, 9.17) is 4.74 Å². The summed E-state index contributed by atoms with van der Waals surface area (Å²) in [6, 6.07) is 7.99. The van der Waals surface area contributed by atoms with Crippen molar-refractivity contribution in [3.63, 3.8) is 0 Å². The Morgan fingerprint density at radius 2 is 1.94 bits per heavy atom. The van der Waals surface area contributed by atoms with E-state index in [1.165, 1.54) is 0 Å². The quantitative estimate of drug-likeness (QED) is 0.554. The Kier molecular flexibility index (Phi) is 6.34. The van der Waals surface area contributed by atoms with Gasteiger partial charge in [-0.1, -0.05) is 18.2 Å². The number of benzene rings is 1. The average molecular weight is 458 g/mol. The van der Waals surface area contributed by atoms with Gasteiger partial charge in [-0.2, -0.15) is 0 Å². The number of carbonyl (C=O) groups is 2. The highest BCUT2D eigenvalue weighted by Crippen LogP contribution is 2.46. The van der Waals surface area contributed by atoms with Gasteiger partial charge >= 0.3 is 5.97 Å². The van der Waals surface area contributed by atoms with Crippen LogP contribution >= 0.6 is 11.8 Å². The SMILES string of the molecule is CC1SC2(CCN(C)CC2)CN1C(=O)C(Cc1c[nH]c2ccccc12)C(=O)OC(C)(C)C. The standard InChI is InChI=1S/C25H35N3O3S/c1-17-28(16-25(32-17)10-12-27(5)13-11-25)22(29)20(23(30)31-24(2,3)4)14-18-15-26-21-9-7-6-8-19(18)21/h6-9,15,17,20,26H,10-14,16H2,1-5H3. The Morgan fingerprint density at radius 3 is 2.62 bits per heavy atom. The summed E-state index contributed by atoms with van der Waals surface area (Å²) in [5.41, 5.74) is 1.34. The summed E-state index contributed by atoms with van der Waals surface area (Å²) in [7, 11) is 2.15. The lowest BCUT2D eigenvalue weighted by Crippen LogP contribution is -2.47. The molecule has 1 aromatic heterocycles. The summed E-state index contributed by atoms with van der Waals surface area (Å²) < 4.78 is 5.82. The number of carbonyl (C=O) groups excluding carboxylic acids is 2. The molecule has 6 nitrogen and oxygen atoms in total. The molecule has 0 aliphatic carbocycles. The monoisotopic (exact) mass is 457 g/mol. The van der Waals surface area contributed by atoms with Crippen molar-refractivity contribution in [1.82, 2.24) is 14.8 Å². The highest BCUT2D eigenvalue weighted by atomic mass is 32.2. The predicted molar refractivity (Wildman–Crippen MR) is 130 cm³/mol. The number of aromatic nitrogens is 1. The third kappa shape index (κ3) is 4.84. The zero-order valence-corrected chi connectivity index (χ0v) is 20.6. The second-order valence-electron chi connectivity index (χ2n) is 10.3. The average Bonchev–Trinajstić information content (AvgIpc) is 3.28. The van der Waals surface area contributed by atoms with Crippen LogP contribution in [0.5, 0.6) is 0 Å². The Morgan fingerprint density at radius 1 is 1.25 bits per heavy atom. The fourth-order valence-electron chi connectivity index (χ4n) is 4.83. The summed E-state index contributed by atoms with van der Waals surface area (Å²) in [6.07, 6.45) is 4.39. The molecule has 2 aliphatic rings. The zero-order valence-electron chi connectivity index (χ0n) is 19.8. The molecule has 32 heavy (non-hydrogen) atoms. The normalized spacial score (nSPS) is 22.4. The van der Waals surface area contributed by atoms with Crippen LogP contribution in [0.1, 0.15) is 46.1 Å². The number of piperidine rings is 1. The highest BCUT2D eigenvalue weighted by molar-refractivity contribution is 8.01. The molecule has 2 unspecified atom stereocenters. The van der Waals surface area contributed by atoms with Crippen LogP contribution in [0.4, 0.5) is 0 Å². The molecular formula is C25H35N3O3S. The molecule has 3 heterocycles. The maximum absolute atomic E-state index is 13.8. The molecular weight excluding hydrogens is 422 g/mol. The van der Waals surface area contributed by atoms with Crippen molar-refractivity contribution < 1.29 is 14.3 Å². The molecule has 0 saturated carbocycles. The molecule has 2 saturated heterocycles. The molecule has 1 amide bonds. The summed E-state index contributed by atoms with van der Waals surface area (Å²) in [6.45, 7) is 10.4. The molecule has 7 heteroatoms. The van der Waals surface area contributed by atoms with E-state index in [0.717, 1.165) is 42.4 Å². The van der Waals surface area contributed by atoms with E-state index in [9.17, 15) is 9.59 Å². The minimum atomic E-state index is -0.849. The number of nitrogens with zero attached hydrogens (tertiary/aromatic N) is 2. The fourth-order valence-corrected chi connectivity index (χ4v) is 6.49. The third-order valence-electron chi connectivity index (χ3n) is 6.59. The first-order valence-electron chi connectivity index (χ1n) is 11.5. The van der Waals surface area contributed by atoms with Gasteiger partial charge in [0.25, 0.3) is 0 Å². The zero-order chi connectivity index (χ0) is 23.1. The smallest absolute Gasteiger partial charge is 0.319 e. The summed E-state index contributed by atoms with van der Waals surface area (Å²) in [5.74, 6) is -1.40. The number of thioether (sulfide) groups is 1. The van der Waals surface area contributed by atoms with E-state index in [1.54, 1.807) is 0 Å². The third-order valence-corrected chi connectivity index (χ3v) is 8.22. The highest BCUT2D eigenvalue weighted by Gasteiger charge is 2.48. The van der Waals surface area contributed by atoms with Crippen LogP contribution in [0.3, 0.4) is 0 Å². The van der Waals surface area contributed by atoms with Gasteiger partial charge in [-0.3, -0.25) is 9.59 Å². The number of hydrogen-bond donors (Lipinski definition) is 1. The van der Waals surface area contributed by atoms with E-state index in [0.29, 0.717) is 13.0 Å². The van der Waals surface area contributed by atoms with E-state index >= 15 is 0 Å². The second-order valence-corrected chi connectivity index (χ2v) is 12.1. The fraction of sp³-hybridized carbons (Fsp3) is 0.600. The van der Waals surface area contributed by atoms with Gasteiger partial charge in [0.2, 0.25) is 5.91 Å². The van der Waals surface area contributed by atoms with Crippen molar-refractivity contribution >= 4 is 34.5 Å². The maximum Gasteiger partial charge on any atom is 0.319 e. The number of fused-ring (bicyclic) bond motifs is 1. The molecule has 0 radical (unpaired) electrons. The number of likely N-dealkylation sites (tertiary alicyclic amines) is 1. The predicted octanol–water partition coefficient (Wildman–Crippen LogP) is 4.05. The van der Waals surface area contributed by atoms with Crippen LogP contribution in [-0.4, -0.2) is 69.1 Å². The number of amides is 1. The molecule has 1 N–H and O–H groups in total. The van der Waals surface area contributed by atoms with Crippen LogP contribution in [-0.2, 0) is 20.7 Å². The molecule has 0 bridgehead atoms. The van der Waals surface area contributed by atoms with Crippen molar-refractivity contribution in [3.8, 4) is 0 Å². The minimum absolute atomic E-state index is 0.0545. The first kappa shape index (κ1) is 23.2. The summed E-state index contributed by atoms with van der Waals surface area (Å²) in [5, 5.41) is 1.10. The molecule has 174 valence electrons. The Balaban J connectivity index is 1.59. The van der Waals surface area contributed by atoms with Crippen molar-refractivity contribution in [3.05, 3.63) is 36.0 Å². The Hall–Kier alpha value is -1.99. The van der Waals surface area contributed by atoms with Gasteiger partial charge in [-0.25, -0.2) is 0 Å². The van der Waals surface area contributed by atoms with E-state index < -0.39 is 17.5 Å². The molecule has 2 fully saturated rings. The van der Waals surface area contributed by atoms with Crippen LogP contribution in [0.25, 0.3) is 10.9 Å². The largest absolute Gasteiger partial charge is 0.459 e. The maximum atomic E-state index is 13.8. The van der Waals surface area contributed by atoms with Crippen molar-refractivity contribution in [2.75, 3.05) is 26.7 Å². The lowest BCUT2D eigenvalue weighted by Gasteiger charge is -2.36. The van der Waals surface area contributed by atoms with Crippen LogP contribution in [0.15, 0.2) is 30.5 Å². The number of para-hydroxylation sites is 1. The van der Waals surface area contributed by atoms with Gasteiger partial charge in [0.15, 0.2) is 0 Å². The first-order valence-corrected chi connectivity index (χ1v) is 12.4. The molecule has 1 spiro atoms. The van der Waals surface area contributed by atoms with Gasteiger partial charge in [-0.15, -0.1) is 11.8 Å². The molecule has 2 atom stereocenters. The molecule has 2 aliphatic heterocycles. The number of nitrogens with one attached hydrogen (secondary N) is 1. The number of ether oxygens (including phenoxy) is 1. The lowest BCUT2D eigenvalue weighted by atomic mass is 9.93. The van der Waals surface area contributed by atoms with Gasteiger partial charge < -0.3 is 19.5 Å². The summed E-state index contributed by atoms with van der Waals surface area (Å²) in [4.78, 5) is 34.6. The number of aromatic amines is 1. The Bertz CT molecular complexity index is 988. The van der Waals surface area contributed by atoms with Crippen LogP contribution in [0, 0.1) is 5.92 Å². The summed E-state index contributed by atoms with van der Waals surface area (Å²) >= 11 is 1.90. The lowest BCUT2D eigenvalue weighted by molar-refractivity contribution is -0.164. The van der Waals surface area contributed by atoms with Gasteiger partial charge in [0.1, 0.15) is 11.5 Å². The van der Waals surface area contributed by atoms with Crippen molar-refractivity contribution in [2.24, 2.45) is 5.92 Å². The van der Waals surface area contributed by atoms with Crippen LogP contribution < -0.4 is 0 Å². The van der Waals surface area contributed by atoms with Gasteiger partial charge in [-0.05, 0) is 78.7 Å². The number of rotatable bonds is 4. The minimum Gasteiger partial charge on any atom is -0.459 e. The van der Waals surface area contributed by atoms with Crippen molar-refractivity contribution in [1.29, 1.82) is 0 Å². The Labute approximate surface area is 195 Å². The molecule has 2 aromatic rings. The first-order chi connectivity index (χ1) is 15.1. The van der Waals surface area contributed by atoms with Gasteiger partial charge in [0, 0.05) is 28.4 Å². The molecule has 1 aromatic carbocycles. The number of esters is 1. The van der Waals surface area contributed by atoms with Gasteiger partial charge in [0.05, 0.1) is 5.37 Å². The topological polar surface area (TPSA) is 65.6 Å². The van der Waals surface area contributed by atoms with Crippen molar-refractivity contribution in [2.45, 2.75) is 62.7 Å². The van der Waals surface area contributed by atoms with Crippen LogP contribution in [0.2, 0.25) is 0 Å².